The molecule has 0 aliphatic carbocycles. The predicted octanol–water partition coefficient (Wildman–Crippen LogP) is 3.90. The van der Waals surface area contributed by atoms with Crippen molar-refractivity contribution in [1.82, 2.24) is 25.1 Å². The van der Waals surface area contributed by atoms with Gasteiger partial charge < -0.3 is 0 Å². The van der Waals surface area contributed by atoms with Crippen molar-refractivity contribution in [2.45, 2.75) is 52.1 Å². The number of nitrogens with zero attached hydrogens (tertiary/aromatic N) is 5. The summed E-state index contributed by atoms with van der Waals surface area (Å²) in [5.74, 6) is 1.69. The fourth-order valence-corrected chi connectivity index (χ4v) is 3.42. The Balaban J connectivity index is 2.02. The van der Waals surface area contributed by atoms with Crippen molar-refractivity contribution in [2.24, 2.45) is 5.92 Å². The molecule has 0 bridgehead atoms. The zero-order chi connectivity index (χ0) is 17.3. The van der Waals surface area contributed by atoms with Gasteiger partial charge in [-0.2, -0.15) is 0 Å². The maximum Gasteiger partial charge on any atom is 0.173 e. The molecule has 0 amide bonds. The summed E-state index contributed by atoms with van der Waals surface area (Å²) in [5.41, 5.74) is 1.03. The number of likely N-dealkylation sites (tertiary alicyclic amines) is 1. The van der Waals surface area contributed by atoms with E-state index >= 15 is 0 Å². The molecule has 0 saturated carbocycles. The molecule has 1 aliphatic rings. The fourth-order valence-electron chi connectivity index (χ4n) is 3.30. The molecule has 1 fully saturated rings. The van der Waals surface area contributed by atoms with Crippen molar-refractivity contribution in [2.75, 3.05) is 13.1 Å². The summed E-state index contributed by atoms with van der Waals surface area (Å²) in [5, 5.41) is 13.4. The van der Waals surface area contributed by atoms with E-state index in [2.05, 4.69) is 60.3 Å². The van der Waals surface area contributed by atoms with Gasteiger partial charge in [-0.05, 0) is 80.7 Å². The molecule has 1 aromatic carbocycles. The van der Waals surface area contributed by atoms with Crippen molar-refractivity contribution in [1.29, 1.82) is 0 Å². The Morgan fingerprint density at radius 1 is 1.12 bits per heavy atom. The zero-order valence-electron chi connectivity index (χ0n) is 14.9. The molecule has 24 heavy (non-hydrogen) atoms. The third-order valence-corrected chi connectivity index (χ3v) is 4.99. The van der Waals surface area contributed by atoms with E-state index in [0.717, 1.165) is 29.9 Å². The van der Waals surface area contributed by atoms with Crippen LogP contribution in [-0.4, -0.2) is 38.2 Å². The highest BCUT2D eigenvalue weighted by molar-refractivity contribution is 6.30. The molecule has 3 rings (SSSR count). The van der Waals surface area contributed by atoms with E-state index in [-0.39, 0.29) is 11.6 Å². The van der Waals surface area contributed by atoms with Crippen molar-refractivity contribution in [3.63, 3.8) is 0 Å². The van der Waals surface area contributed by atoms with E-state index < -0.39 is 0 Å². The SMILES string of the molecule is CC1CCN([C@H](c2ccc(Cl)cc2)c2nnnn2C(C)(C)C)CC1. The lowest BCUT2D eigenvalue weighted by Crippen LogP contribution is -2.39. The quantitative estimate of drug-likeness (QED) is 0.844. The highest BCUT2D eigenvalue weighted by Crippen LogP contribution is 2.33. The number of hydrogen-bond donors (Lipinski definition) is 0. The molecule has 5 nitrogen and oxygen atoms in total. The van der Waals surface area contributed by atoms with Crippen LogP contribution in [0.5, 0.6) is 0 Å². The van der Waals surface area contributed by atoms with Gasteiger partial charge in [-0.25, -0.2) is 4.68 Å². The average molecular weight is 348 g/mol. The lowest BCUT2D eigenvalue weighted by molar-refractivity contribution is 0.145. The first-order valence-electron chi connectivity index (χ1n) is 8.64. The van der Waals surface area contributed by atoms with Crippen LogP contribution < -0.4 is 0 Å². The maximum atomic E-state index is 6.09. The van der Waals surface area contributed by atoms with Crippen LogP contribution in [0.25, 0.3) is 0 Å². The molecule has 6 heteroatoms. The summed E-state index contributed by atoms with van der Waals surface area (Å²) in [6, 6.07) is 8.13. The second-order valence-electron chi connectivity index (χ2n) is 7.79. The second kappa shape index (κ2) is 6.81. The van der Waals surface area contributed by atoms with Crippen LogP contribution in [0.2, 0.25) is 5.02 Å². The monoisotopic (exact) mass is 347 g/mol. The molecule has 2 aromatic rings. The summed E-state index contributed by atoms with van der Waals surface area (Å²) in [7, 11) is 0. The lowest BCUT2D eigenvalue weighted by atomic mass is 9.95. The Hall–Kier alpha value is -1.46. The molecule has 0 spiro atoms. The number of piperidine rings is 1. The van der Waals surface area contributed by atoms with Crippen LogP contribution in [0, 0.1) is 5.92 Å². The Bertz CT molecular complexity index is 665. The number of benzene rings is 1. The third kappa shape index (κ3) is 3.62. The number of hydrogen-bond acceptors (Lipinski definition) is 4. The summed E-state index contributed by atoms with van der Waals surface area (Å²) in [6.07, 6.45) is 2.42. The number of aromatic nitrogens is 4. The van der Waals surface area contributed by atoms with E-state index in [0.29, 0.717) is 0 Å². The summed E-state index contributed by atoms with van der Waals surface area (Å²) < 4.78 is 1.95. The third-order valence-electron chi connectivity index (χ3n) is 4.74. The van der Waals surface area contributed by atoms with Gasteiger partial charge in [0.2, 0.25) is 0 Å². The first kappa shape index (κ1) is 17.4. The minimum absolute atomic E-state index is 0.0593. The predicted molar refractivity (Wildman–Crippen MR) is 96.1 cm³/mol. The van der Waals surface area contributed by atoms with Gasteiger partial charge in [0.05, 0.1) is 11.6 Å². The topological polar surface area (TPSA) is 46.8 Å². The highest BCUT2D eigenvalue weighted by atomic mass is 35.5. The van der Waals surface area contributed by atoms with E-state index in [9.17, 15) is 0 Å². The standard InChI is InChI=1S/C18H26ClN5/c1-13-9-11-23(12-10-13)16(14-5-7-15(19)8-6-14)17-20-21-22-24(17)18(2,3)4/h5-8,13,16H,9-12H2,1-4H3/t16-/m1/s1. The van der Waals surface area contributed by atoms with E-state index in [1.54, 1.807) is 0 Å². The molecule has 130 valence electrons. The van der Waals surface area contributed by atoms with Gasteiger partial charge in [0, 0.05) is 5.02 Å². The maximum absolute atomic E-state index is 6.09. The molecule has 0 unspecified atom stereocenters. The highest BCUT2D eigenvalue weighted by Gasteiger charge is 2.32. The van der Waals surface area contributed by atoms with Crippen LogP contribution >= 0.6 is 11.6 Å². The van der Waals surface area contributed by atoms with Gasteiger partial charge in [-0.3, -0.25) is 4.90 Å². The van der Waals surface area contributed by atoms with Gasteiger partial charge in [0.15, 0.2) is 5.82 Å². The van der Waals surface area contributed by atoms with E-state index in [1.807, 2.05) is 16.8 Å². The van der Waals surface area contributed by atoms with E-state index in [4.69, 9.17) is 11.6 Å². The fraction of sp³-hybridized carbons (Fsp3) is 0.611. The van der Waals surface area contributed by atoms with Crippen LogP contribution in [-0.2, 0) is 5.54 Å². The molecule has 1 aliphatic heterocycles. The van der Waals surface area contributed by atoms with Gasteiger partial charge in [0.25, 0.3) is 0 Å². The van der Waals surface area contributed by atoms with Crippen molar-refractivity contribution in [3.05, 3.63) is 40.7 Å². The van der Waals surface area contributed by atoms with Crippen LogP contribution in [0.3, 0.4) is 0 Å². The largest absolute Gasteiger partial charge is 0.290 e. The molecule has 1 atom stereocenters. The van der Waals surface area contributed by atoms with Gasteiger partial charge in [0.1, 0.15) is 0 Å². The molecule has 0 radical (unpaired) electrons. The number of rotatable bonds is 3. The summed E-state index contributed by atoms with van der Waals surface area (Å²) in [4.78, 5) is 2.50. The lowest BCUT2D eigenvalue weighted by Gasteiger charge is -2.37. The van der Waals surface area contributed by atoms with Crippen molar-refractivity contribution >= 4 is 11.6 Å². The Morgan fingerprint density at radius 2 is 1.75 bits per heavy atom. The Kier molecular flexibility index (Phi) is 4.92. The molecular formula is C18H26ClN5. The minimum atomic E-state index is -0.160. The smallest absolute Gasteiger partial charge is 0.173 e. The first-order chi connectivity index (χ1) is 11.4. The van der Waals surface area contributed by atoms with Gasteiger partial charge in [-0.1, -0.05) is 30.7 Å². The second-order valence-corrected chi connectivity index (χ2v) is 8.23. The minimum Gasteiger partial charge on any atom is -0.290 e. The van der Waals surface area contributed by atoms with E-state index in [1.165, 1.54) is 18.4 Å². The van der Waals surface area contributed by atoms with Crippen LogP contribution in [0.15, 0.2) is 24.3 Å². The van der Waals surface area contributed by atoms with Crippen molar-refractivity contribution in [3.8, 4) is 0 Å². The Labute approximate surface area is 149 Å². The van der Waals surface area contributed by atoms with Crippen LogP contribution in [0.4, 0.5) is 0 Å². The molecule has 1 saturated heterocycles. The number of halogens is 1. The van der Waals surface area contributed by atoms with Gasteiger partial charge in [-0.15, -0.1) is 5.10 Å². The average Bonchev–Trinajstić information content (AvgIpc) is 3.01. The molecular weight excluding hydrogens is 322 g/mol. The Morgan fingerprint density at radius 3 is 2.33 bits per heavy atom. The summed E-state index contributed by atoms with van der Waals surface area (Å²) >= 11 is 6.09. The molecule has 1 aromatic heterocycles. The first-order valence-corrected chi connectivity index (χ1v) is 9.02. The summed E-state index contributed by atoms with van der Waals surface area (Å²) in [6.45, 7) is 10.8. The molecule has 2 heterocycles. The molecule has 0 N–H and O–H groups in total. The zero-order valence-corrected chi connectivity index (χ0v) is 15.7. The number of tetrazole rings is 1. The van der Waals surface area contributed by atoms with Gasteiger partial charge >= 0.3 is 0 Å². The van der Waals surface area contributed by atoms with Crippen molar-refractivity contribution < 1.29 is 0 Å². The van der Waals surface area contributed by atoms with Crippen LogP contribution in [0.1, 0.15) is 58.0 Å². The normalized spacial score (nSPS) is 18.7.